The van der Waals surface area contributed by atoms with Crippen molar-refractivity contribution in [2.45, 2.75) is 39.7 Å². The lowest BCUT2D eigenvalue weighted by Gasteiger charge is -2.27. The van der Waals surface area contributed by atoms with E-state index in [-0.39, 0.29) is 12.5 Å². The van der Waals surface area contributed by atoms with Crippen molar-refractivity contribution in [2.75, 3.05) is 11.9 Å². The molecular weight excluding hydrogens is 268 g/mol. The summed E-state index contributed by atoms with van der Waals surface area (Å²) in [6.07, 6.45) is 0.854. The Balaban J connectivity index is 2.57. The first-order valence-corrected chi connectivity index (χ1v) is 7.16. The molecule has 1 rings (SSSR count). The minimum Gasteiger partial charge on any atom is -0.388 e. The topological polar surface area (TPSA) is 78.4 Å². The third-order valence-corrected chi connectivity index (χ3v) is 3.65. The van der Waals surface area contributed by atoms with Crippen molar-refractivity contribution in [1.29, 1.82) is 0 Å². The van der Waals surface area contributed by atoms with Gasteiger partial charge in [0.05, 0.1) is 5.60 Å². The second kappa shape index (κ2) is 7.22. The van der Waals surface area contributed by atoms with Crippen LogP contribution >= 0.6 is 0 Å². The number of nitrogens with one attached hydrogen (secondary N) is 2. The predicted molar refractivity (Wildman–Crippen MR) is 82.9 cm³/mol. The Labute approximate surface area is 125 Å². The van der Waals surface area contributed by atoms with Gasteiger partial charge in [-0.2, -0.15) is 0 Å². The van der Waals surface area contributed by atoms with Crippen molar-refractivity contribution < 1.29 is 14.7 Å². The number of anilines is 1. The fraction of sp³-hybridized carbons (Fsp3) is 0.500. The highest BCUT2D eigenvalue weighted by Gasteiger charge is 2.26. The molecule has 0 heterocycles. The number of carbonyl (C=O) groups excluding carboxylic acids is 2. The minimum atomic E-state index is -1.04. The van der Waals surface area contributed by atoms with Crippen molar-refractivity contribution in [3.05, 3.63) is 29.8 Å². The van der Waals surface area contributed by atoms with Gasteiger partial charge in [-0.1, -0.05) is 32.9 Å². The lowest BCUT2D eigenvalue weighted by Crippen LogP contribution is -2.47. The first-order valence-electron chi connectivity index (χ1n) is 7.16. The lowest BCUT2D eigenvalue weighted by atomic mass is 9.92. The van der Waals surface area contributed by atoms with Gasteiger partial charge in [-0.25, -0.2) is 0 Å². The van der Waals surface area contributed by atoms with Gasteiger partial charge in [-0.3, -0.25) is 9.59 Å². The van der Waals surface area contributed by atoms with Gasteiger partial charge < -0.3 is 15.7 Å². The zero-order valence-corrected chi connectivity index (χ0v) is 13.1. The number of aryl methyl sites for hydroxylation is 1. The first-order chi connectivity index (χ1) is 9.76. The molecule has 0 aromatic heterocycles. The van der Waals surface area contributed by atoms with E-state index in [9.17, 15) is 14.7 Å². The van der Waals surface area contributed by atoms with Crippen molar-refractivity contribution >= 4 is 17.5 Å². The van der Waals surface area contributed by atoms with Gasteiger partial charge in [0.1, 0.15) is 0 Å². The van der Waals surface area contributed by atoms with Crippen LogP contribution in [0.5, 0.6) is 0 Å². The molecular formula is C16H24N2O3. The van der Waals surface area contributed by atoms with Gasteiger partial charge in [-0.05, 0) is 37.0 Å². The number of aliphatic hydroxyl groups is 1. The highest BCUT2D eigenvalue weighted by Crippen LogP contribution is 2.14. The second-order valence-electron chi connectivity index (χ2n) is 5.70. The largest absolute Gasteiger partial charge is 0.388 e. The Morgan fingerprint density at radius 2 is 1.95 bits per heavy atom. The fourth-order valence-electron chi connectivity index (χ4n) is 1.60. The van der Waals surface area contributed by atoms with Crippen LogP contribution in [-0.2, 0) is 16.0 Å². The smallest absolute Gasteiger partial charge is 0.313 e. The molecule has 1 unspecified atom stereocenters. The maximum Gasteiger partial charge on any atom is 0.313 e. The highest BCUT2D eigenvalue weighted by molar-refractivity contribution is 6.39. The lowest BCUT2D eigenvalue weighted by molar-refractivity contribution is -0.137. The van der Waals surface area contributed by atoms with Crippen molar-refractivity contribution in [2.24, 2.45) is 5.92 Å². The summed E-state index contributed by atoms with van der Waals surface area (Å²) in [7, 11) is 0. The number of rotatable bonds is 5. The molecule has 1 atom stereocenters. The maximum absolute atomic E-state index is 11.8. The van der Waals surface area contributed by atoms with Crippen LogP contribution in [0.3, 0.4) is 0 Å². The van der Waals surface area contributed by atoms with Crippen LogP contribution in [-0.4, -0.2) is 29.1 Å². The maximum atomic E-state index is 11.8. The molecule has 0 saturated heterocycles. The predicted octanol–water partition coefficient (Wildman–Crippen LogP) is 1.71. The molecule has 0 saturated carbocycles. The molecule has 0 aliphatic rings. The average Bonchev–Trinajstić information content (AvgIpc) is 2.44. The van der Waals surface area contributed by atoms with E-state index in [0.717, 1.165) is 12.0 Å². The Hall–Kier alpha value is -1.88. The molecule has 0 spiro atoms. The minimum absolute atomic E-state index is 0.0258. The summed E-state index contributed by atoms with van der Waals surface area (Å²) in [5, 5.41) is 15.0. The molecule has 21 heavy (non-hydrogen) atoms. The molecule has 0 bridgehead atoms. The number of amides is 2. The van der Waals surface area contributed by atoms with Crippen LogP contribution in [0.1, 0.15) is 33.3 Å². The molecule has 116 valence electrons. The average molecular weight is 292 g/mol. The quantitative estimate of drug-likeness (QED) is 0.723. The number of benzene rings is 1. The van der Waals surface area contributed by atoms with E-state index in [2.05, 4.69) is 10.6 Å². The number of hydrogen-bond donors (Lipinski definition) is 3. The monoisotopic (exact) mass is 292 g/mol. The van der Waals surface area contributed by atoms with Gasteiger partial charge in [0.2, 0.25) is 0 Å². The Kier molecular flexibility index (Phi) is 5.90. The van der Waals surface area contributed by atoms with Crippen LogP contribution in [0.2, 0.25) is 0 Å². The third-order valence-electron chi connectivity index (χ3n) is 3.65. The third kappa shape index (κ3) is 5.19. The molecule has 0 fully saturated rings. The zero-order chi connectivity index (χ0) is 16.0. The van der Waals surface area contributed by atoms with Crippen molar-refractivity contribution in [3.63, 3.8) is 0 Å². The standard InChI is InChI=1S/C16H24N2O3/c1-5-12-7-6-8-13(9-12)18-15(20)14(19)17-10-16(4,21)11(2)3/h6-9,11,21H,5,10H2,1-4H3,(H,17,19)(H,18,20). The van der Waals surface area contributed by atoms with Gasteiger partial charge in [0.25, 0.3) is 0 Å². The van der Waals surface area contributed by atoms with E-state index in [4.69, 9.17) is 0 Å². The highest BCUT2D eigenvalue weighted by atomic mass is 16.3. The van der Waals surface area contributed by atoms with Crippen LogP contribution in [0.4, 0.5) is 5.69 Å². The number of carbonyl (C=O) groups is 2. The molecule has 5 nitrogen and oxygen atoms in total. The van der Waals surface area contributed by atoms with Crippen LogP contribution < -0.4 is 10.6 Å². The van der Waals surface area contributed by atoms with Crippen LogP contribution in [0.25, 0.3) is 0 Å². The molecule has 1 aromatic carbocycles. The van der Waals surface area contributed by atoms with E-state index >= 15 is 0 Å². The fourth-order valence-corrected chi connectivity index (χ4v) is 1.60. The summed E-state index contributed by atoms with van der Waals surface area (Å²) in [6.45, 7) is 7.37. The zero-order valence-electron chi connectivity index (χ0n) is 13.1. The summed E-state index contributed by atoms with van der Waals surface area (Å²) in [4.78, 5) is 23.5. The molecule has 0 aliphatic heterocycles. The molecule has 0 aliphatic carbocycles. The van der Waals surface area contributed by atoms with E-state index in [0.29, 0.717) is 5.69 Å². The first kappa shape index (κ1) is 17.2. The van der Waals surface area contributed by atoms with Crippen LogP contribution in [0, 0.1) is 5.92 Å². The SMILES string of the molecule is CCc1cccc(NC(=O)C(=O)NCC(C)(O)C(C)C)c1. The van der Waals surface area contributed by atoms with Crippen molar-refractivity contribution in [3.8, 4) is 0 Å². The molecule has 1 aromatic rings. The molecule has 2 amide bonds. The van der Waals surface area contributed by atoms with Gasteiger partial charge >= 0.3 is 11.8 Å². The molecule has 5 heteroatoms. The Morgan fingerprint density at radius 3 is 2.52 bits per heavy atom. The van der Waals surface area contributed by atoms with Crippen molar-refractivity contribution in [1.82, 2.24) is 5.32 Å². The van der Waals surface area contributed by atoms with E-state index < -0.39 is 17.4 Å². The summed E-state index contributed by atoms with van der Waals surface area (Å²) >= 11 is 0. The molecule has 0 radical (unpaired) electrons. The Bertz CT molecular complexity index is 510. The molecule has 3 N–H and O–H groups in total. The summed E-state index contributed by atoms with van der Waals surface area (Å²) < 4.78 is 0. The van der Waals surface area contributed by atoms with E-state index in [1.807, 2.05) is 39.0 Å². The Morgan fingerprint density at radius 1 is 1.29 bits per heavy atom. The van der Waals surface area contributed by atoms with Crippen LogP contribution in [0.15, 0.2) is 24.3 Å². The number of hydrogen-bond acceptors (Lipinski definition) is 3. The van der Waals surface area contributed by atoms with Gasteiger partial charge in [-0.15, -0.1) is 0 Å². The normalized spacial score (nSPS) is 13.6. The van der Waals surface area contributed by atoms with Gasteiger partial charge in [0.15, 0.2) is 0 Å². The summed E-state index contributed by atoms with van der Waals surface area (Å²) in [5.74, 6) is -1.51. The second-order valence-corrected chi connectivity index (χ2v) is 5.70. The van der Waals surface area contributed by atoms with E-state index in [1.165, 1.54) is 0 Å². The van der Waals surface area contributed by atoms with Gasteiger partial charge in [0, 0.05) is 12.2 Å². The summed E-state index contributed by atoms with van der Waals surface area (Å²) in [6, 6.07) is 7.34. The summed E-state index contributed by atoms with van der Waals surface area (Å²) in [5.41, 5.74) is 0.624. The van der Waals surface area contributed by atoms with E-state index in [1.54, 1.807) is 13.0 Å².